The van der Waals surface area contributed by atoms with Gasteiger partial charge in [0, 0.05) is 42.0 Å². The molecule has 34 heavy (non-hydrogen) atoms. The molecule has 0 fully saturated rings. The molecule has 0 amide bonds. The topological polar surface area (TPSA) is 110 Å². The number of aromatic carboxylic acids is 1. The zero-order chi connectivity index (χ0) is 24.0. The molecule has 2 N–H and O–H groups in total. The van der Waals surface area contributed by atoms with Gasteiger partial charge in [0.15, 0.2) is 5.43 Å². The van der Waals surface area contributed by atoms with E-state index in [0.29, 0.717) is 22.5 Å². The lowest BCUT2D eigenvalue weighted by molar-refractivity contribution is 0.0696. The summed E-state index contributed by atoms with van der Waals surface area (Å²) in [5.41, 5.74) is 3.82. The lowest BCUT2D eigenvalue weighted by atomic mass is 10.0. The quantitative estimate of drug-likeness (QED) is 0.388. The zero-order valence-corrected chi connectivity index (χ0v) is 18.9. The normalized spacial score (nSPS) is 12.2. The first-order valence-corrected chi connectivity index (χ1v) is 10.8. The summed E-state index contributed by atoms with van der Waals surface area (Å²) in [7, 11) is 1.86. The summed E-state index contributed by atoms with van der Waals surface area (Å²) >= 11 is 0. The second kappa shape index (κ2) is 8.15. The van der Waals surface area contributed by atoms with Crippen LogP contribution in [0.3, 0.4) is 0 Å². The number of benzene rings is 2. The van der Waals surface area contributed by atoms with Gasteiger partial charge in [-0.15, -0.1) is 0 Å². The van der Waals surface area contributed by atoms with E-state index in [-0.39, 0.29) is 17.0 Å². The van der Waals surface area contributed by atoms with Crippen LogP contribution in [0.4, 0.5) is 5.82 Å². The van der Waals surface area contributed by atoms with Crippen LogP contribution in [0.5, 0.6) is 0 Å². The maximum absolute atomic E-state index is 13.1. The van der Waals surface area contributed by atoms with E-state index in [2.05, 4.69) is 15.4 Å². The highest BCUT2D eigenvalue weighted by Crippen LogP contribution is 2.31. The molecule has 5 rings (SSSR count). The van der Waals surface area contributed by atoms with Crippen molar-refractivity contribution in [3.05, 3.63) is 87.8 Å². The second-order valence-corrected chi connectivity index (χ2v) is 8.38. The summed E-state index contributed by atoms with van der Waals surface area (Å²) in [4.78, 5) is 28.6. The first-order chi connectivity index (χ1) is 16.3. The van der Waals surface area contributed by atoms with Gasteiger partial charge in [-0.3, -0.25) is 9.48 Å². The minimum absolute atomic E-state index is 0.134. The molecule has 0 aliphatic heterocycles. The molecule has 0 spiro atoms. The fraction of sp³-hybridized carbons (Fsp3) is 0.154. The summed E-state index contributed by atoms with van der Waals surface area (Å²) in [6.45, 7) is 3.83. The Kier molecular flexibility index (Phi) is 5.13. The number of rotatable bonds is 5. The van der Waals surface area contributed by atoms with Gasteiger partial charge in [0.2, 0.25) is 0 Å². The molecule has 3 aromatic heterocycles. The summed E-state index contributed by atoms with van der Waals surface area (Å²) < 4.78 is 8.05. The minimum atomic E-state index is -1.03. The standard InChI is InChI=1S/C26H22N4O4/c1-14-8-19(15(2)28-24-11-17(26(32)33)6-7-27-24)25-20(9-14)22(31)12-23(34-25)16-4-5-21-18(10-16)13-30(3)29-21/h4-13,15H,1-3H3,(H,27,28)(H,32,33). The number of carboxylic acids is 1. The van der Waals surface area contributed by atoms with Gasteiger partial charge in [0.1, 0.15) is 17.2 Å². The molecule has 0 saturated heterocycles. The SMILES string of the molecule is Cc1cc(C(C)Nc2cc(C(=O)O)ccn2)c2oc(-c3ccc4nn(C)cc4c3)cc(=O)c2c1. The van der Waals surface area contributed by atoms with Crippen molar-refractivity contribution in [1.82, 2.24) is 14.8 Å². The molecular weight excluding hydrogens is 432 g/mol. The van der Waals surface area contributed by atoms with E-state index in [4.69, 9.17) is 4.42 Å². The van der Waals surface area contributed by atoms with E-state index in [0.717, 1.165) is 27.6 Å². The maximum atomic E-state index is 13.1. The Morgan fingerprint density at radius 1 is 1.15 bits per heavy atom. The van der Waals surface area contributed by atoms with Crippen LogP contribution in [0.25, 0.3) is 33.2 Å². The van der Waals surface area contributed by atoms with Crippen molar-refractivity contribution in [1.29, 1.82) is 0 Å². The second-order valence-electron chi connectivity index (χ2n) is 8.38. The lowest BCUT2D eigenvalue weighted by Crippen LogP contribution is -2.11. The molecule has 8 nitrogen and oxygen atoms in total. The van der Waals surface area contributed by atoms with Crippen molar-refractivity contribution in [2.24, 2.45) is 7.05 Å². The van der Waals surface area contributed by atoms with Crippen molar-refractivity contribution < 1.29 is 14.3 Å². The first kappa shape index (κ1) is 21.4. The van der Waals surface area contributed by atoms with E-state index in [1.54, 1.807) is 4.68 Å². The van der Waals surface area contributed by atoms with Crippen LogP contribution < -0.4 is 10.7 Å². The number of carboxylic acid groups (broad SMARTS) is 1. The monoisotopic (exact) mass is 454 g/mol. The average molecular weight is 454 g/mol. The Bertz CT molecular complexity index is 1630. The van der Waals surface area contributed by atoms with Crippen LogP contribution in [-0.2, 0) is 7.05 Å². The Morgan fingerprint density at radius 2 is 1.97 bits per heavy atom. The van der Waals surface area contributed by atoms with Crippen LogP contribution in [0.15, 0.2) is 70.1 Å². The number of pyridine rings is 1. The lowest BCUT2D eigenvalue weighted by Gasteiger charge is -2.18. The van der Waals surface area contributed by atoms with Crippen LogP contribution in [0, 0.1) is 6.92 Å². The highest BCUT2D eigenvalue weighted by atomic mass is 16.4. The van der Waals surface area contributed by atoms with Crippen LogP contribution in [-0.4, -0.2) is 25.8 Å². The summed E-state index contributed by atoms with van der Waals surface area (Å²) in [5, 5.41) is 18.3. The molecule has 170 valence electrons. The summed E-state index contributed by atoms with van der Waals surface area (Å²) in [6, 6.07) is 13.6. The molecule has 2 aromatic carbocycles. The van der Waals surface area contributed by atoms with Crippen molar-refractivity contribution in [2.75, 3.05) is 5.32 Å². The summed E-state index contributed by atoms with van der Waals surface area (Å²) in [5.74, 6) is -0.144. The largest absolute Gasteiger partial charge is 0.478 e. The Balaban J connectivity index is 1.61. The third-order valence-corrected chi connectivity index (χ3v) is 5.74. The highest BCUT2D eigenvalue weighted by molar-refractivity contribution is 5.88. The maximum Gasteiger partial charge on any atom is 0.335 e. The van der Waals surface area contributed by atoms with Crippen molar-refractivity contribution in [3.8, 4) is 11.3 Å². The molecule has 0 saturated carbocycles. The van der Waals surface area contributed by atoms with Gasteiger partial charge in [-0.05, 0) is 55.8 Å². The number of aromatic nitrogens is 3. The molecule has 0 aliphatic carbocycles. The predicted molar refractivity (Wildman–Crippen MR) is 130 cm³/mol. The molecule has 0 radical (unpaired) electrons. The van der Waals surface area contributed by atoms with Gasteiger partial charge in [-0.1, -0.05) is 6.07 Å². The number of hydrogen-bond donors (Lipinski definition) is 2. The van der Waals surface area contributed by atoms with E-state index >= 15 is 0 Å². The number of nitrogens with one attached hydrogen (secondary N) is 1. The fourth-order valence-corrected chi connectivity index (χ4v) is 4.14. The molecule has 3 heterocycles. The first-order valence-electron chi connectivity index (χ1n) is 10.8. The van der Waals surface area contributed by atoms with E-state index in [1.165, 1.54) is 24.4 Å². The Morgan fingerprint density at radius 3 is 2.76 bits per heavy atom. The van der Waals surface area contributed by atoms with Gasteiger partial charge in [-0.25, -0.2) is 9.78 Å². The van der Waals surface area contributed by atoms with Crippen LogP contribution in [0.2, 0.25) is 0 Å². The van der Waals surface area contributed by atoms with Gasteiger partial charge in [-0.2, -0.15) is 5.10 Å². The molecular formula is C26H22N4O4. The smallest absolute Gasteiger partial charge is 0.335 e. The number of fused-ring (bicyclic) bond motifs is 2. The molecule has 5 aromatic rings. The number of aryl methyl sites for hydroxylation is 2. The number of nitrogens with zero attached hydrogens (tertiary/aromatic N) is 3. The molecule has 8 heteroatoms. The third kappa shape index (κ3) is 3.90. The van der Waals surface area contributed by atoms with Crippen LogP contribution >= 0.6 is 0 Å². The molecule has 1 atom stereocenters. The molecule has 1 unspecified atom stereocenters. The van der Waals surface area contributed by atoms with Gasteiger partial charge in [0.25, 0.3) is 0 Å². The third-order valence-electron chi connectivity index (χ3n) is 5.74. The predicted octanol–water partition coefficient (Wildman–Crippen LogP) is 4.92. The van der Waals surface area contributed by atoms with E-state index in [1.807, 2.05) is 57.4 Å². The molecule has 0 aliphatic rings. The highest BCUT2D eigenvalue weighted by Gasteiger charge is 2.17. The minimum Gasteiger partial charge on any atom is -0.478 e. The van der Waals surface area contributed by atoms with Gasteiger partial charge in [0.05, 0.1) is 22.5 Å². The Labute approximate surface area is 194 Å². The van der Waals surface area contributed by atoms with Gasteiger partial charge >= 0.3 is 5.97 Å². The van der Waals surface area contributed by atoms with E-state index < -0.39 is 5.97 Å². The van der Waals surface area contributed by atoms with Crippen LogP contribution in [0.1, 0.15) is 34.5 Å². The average Bonchev–Trinajstić information content (AvgIpc) is 3.18. The summed E-state index contributed by atoms with van der Waals surface area (Å²) in [6.07, 6.45) is 3.36. The van der Waals surface area contributed by atoms with Crippen molar-refractivity contribution in [2.45, 2.75) is 19.9 Å². The zero-order valence-electron chi connectivity index (χ0n) is 18.9. The number of hydrogen-bond acceptors (Lipinski definition) is 6. The van der Waals surface area contributed by atoms with E-state index in [9.17, 15) is 14.7 Å². The number of anilines is 1. The van der Waals surface area contributed by atoms with Crippen molar-refractivity contribution in [3.63, 3.8) is 0 Å². The van der Waals surface area contributed by atoms with Gasteiger partial charge < -0.3 is 14.8 Å². The Hall–Kier alpha value is -4.46. The number of carbonyl (C=O) groups is 1. The molecule has 0 bridgehead atoms. The fourth-order valence-electron chi connectivity index (χ4n) is 4.14. The van der Waals surface area contributed by atoms with Crippen molar-refractivity contribution >= 4 is 33.7 Å².